The van der Waals surface area contributed by atoms with E-state index in [1.165, 1.54) is 18.5 Å². The van der Waals surface area contributed by atoms with Gasteiger partial charge < -0.3 is 10.2 Å². The molecule has 0 unspecified atom stereocenters. The third kappa shape index (κ3) is 3.27. The summed E-state index contributed by atoms with van der Waals surface area (Å²) in [5.41, 5.74) is 2.96. The van der Waals surface area contributed by atoms with E-state index in [1.807, 2.05) is 6.92 Å². The van der Waals surface area contributed by atoms with Crippen molar-refractivity contribution in [2.24, 2.45) is 0 Å². The van der Waals surface area contributed by atoms with Gasteiger partial charge in [-0.2, -0.15) is 0 Å². The second-order valence-corrected chi connectivity index (χ2v) is 5.73. The first-order valence-electron chi connectivity index (χ1n) is 7.80. The van der Waals surface area contributed by atoms with Gasteiger partial charge >= 0.3 is 0 Å². The minimum Gasteiger partial charge on any atom is -0.372 e. The highest BCUT2D eigenvalue weighted by atomic mass is 16.1. The largest absolute Gasteiger partial charge is 0.372 e. The van der Waals surface area contributed by atoms with E-state index in [1.54, 1.807) is 24.5 Å². The van der Waals surface area contributed by atoms with E-state index in [0.29, 0.717) is 5.56 Å². The zero-order valence-electron chi connectivity index (χ0n) is 12.8. The zero-order chi connectivity index (χ0) is 15.4. The van der Waals surface area contributed by atoms with Crippen LogP contribution in [0.5, 0.6) is 0 Å². The Morgan fingerprint density at radius 1 is 1.23 bits per heavy atom. The summed E-state index contributed by atoms with van der Waals surface area (Å²) in [6.45, 7) is 4.26. The highest BCUT2D eigenvalue weighted by molar-refractivity contribution is 5.94. The summed E-state index contributed by atoms with van der Waals surface area (Å²) in [4.78, 5) is 18.6. The van der Waals surface area contributed by atoms with Crippen molar-refractivity contribution < 1.29 is 4.79 Å². The molecule has 0 saturated carbocycles. The van der Waals surface area contributed by atoms with Gasteiger partial charge in [-0.1, -0.05) is 12.1 Å². The number of hydrogen-bond acceptors (Lipinski definition) is 3. The van der Waals surface area contributed by atoms with Crippen LogP contribution in [0.15, 0.2) is 48.8 Å². The number of hydrogen-bond donors (Lipinski definition) is 1. The van der Waals surface area contributed by atoms with Gasteiger partial charge in [-0.25, -0.2) is 0 Å². The number of nitrogens with one attached hydrogen (secondary N) is 1. The molecular formula is C18H21N3O. The maximum absolute atomic E-state index is 12.2. The molecule has 1 aliphatic rings. The number of carbonyl (C=O) groups excluding carboxylic acids is 1. The molecule has 4 heteroatoms. The van der Waals surface area contributed by atoms with Gasteiger partial charge in [0.15, 0.2) is 0 Å². The summed E-state index contributed by atoms with van der Waals surface area (Å²) in [5, 5.41) is 3.03. The van der Waals surface area contributed by atoms with Crippen molar-refractivity contribution in [3.8, 4) is 0 Å². The summed E-state index contributed by atoms with van der Waals surface area (Å²) < 4.78 is 0. The SMILES string of the molecule is C[C@H](NC(=O)c1cccnc1)c1cccc(N2CCCC2)c1. The number of benzene rings is 1. The molecule has 22 heavy (non-hydrogen) atoms. The van der Waals surface area contributed by atoms with E-state index in [2.05, 4.69) is 39.5 Å². The molecule has 1 saturated heterocycles. The molecule has 1 N–H and O–H groups in total. The minimum atomic E-state index is -0.0906. The van der Waals surface area contributed by atoms with Crippen LogP contribution in [-0.4, -0.2) is 24.0 Å². The molecule has 1 aliphatic heterocycles. The van der Waals surface area contributed by atoms with E-state index >= 15 is 0 Å². The normalized spacial score (nSPS) is 15.6. The van der Waals surface area contributed by atoms with Crippen LogP contribution >= 0.6 is 0 Å². The van der Waals surface area contributed by atoms with Gasteiger partial charge in [0.1, 0.15) is 0 Å². The van der Waals surface area contributed by atoms with Crippen LogP contribution in [0, 0.1) is 0 Å². The van der Waals surface area contributed by atoms with Crippen LogP contribution < -0.4 is 10.2 Å². The average Bonchev–Trinajstić information content (AvgIpc) is 3.10. The second-order valence-electron chi connectivity index (χ2n) is 5.73. The third-order valence-corrected chi connectivity index (χ3v) is 4.11. The molecule has 3 rings (SSSR count). The fourth-order valence-corrected chi connectivity index (χ4v) is 2.83. The lowest BCUT2D eigenvalue weighted by atomic mass is 10.1. The highest BCUT2D eigenvalue weighted by Crippen LogP contribution is 2.24. The summed E-state index contributed by atoms with van der Waals surface area (Å²) >= 11 is 0. The zero-order valence-corrected chi connectivity index (χ0v) is 12.8. The Bertz CT molecular complexity index is 636. The molecule has 1 aromatic carbocycles. The van der Waals surface area contributed by atoms with E-state index in [9.17, 15) is 4.79 Å². The fraction of sp³-hybridized carbons (Fsp3) is 0.333. The van der Waals surface area contributed by atoms with Crippen LogP contribution in [-0.2, 0) is 0 Å². The summed E-state index contributed by atoms with van der Waals surface area (Å²) in [6, 6.07) is 12.0. The lowest BCUT2D eigenvalue weighted by molar-refractivity contribution is 0.0939. The van der Waals surface area contributed by atoms with Crippen molar-refractivity contribution in [2.75, 3.05) is 18.0 Å². The van der Waals surface area contributed by atoms with E-state index in [4.69, 9.17) is 0 Å². The van der Waals surface area contributed by atoms with Crippen LogP contribution in [0.2, 0.25) is 0 Å². The molecular weight excluding hydrogens is 274 g/mol. The molecule has 0 bridgehead atoms. The smallest absolute Gasteiger partial charge is 0.253 e. The number of amides is 1. The molecule has 1 atom stereocenters. The molecule has 114 valence electrons. The monoisotopic (exact) mass is 295 g/mol. The van der Waals surface area contributed by atoms with Gasteiger partial charge in [-0.15, -0.1) is 0 Å². The topological polar surface area (TPSA) is 45.2 Å². The van der Waals surface area contributed by atoms with Crippen molar-refractivity contribution in [1.29, 1.82) is 0 Å². The summed E-state index contributed by atoms with van der Waals surface area (Å²) in [6.07, 6.45) is 5.78. The lowest BCUT2D eigenvalue weighted by Gasteiger charge is -2.20. The Balaban J connectivity index is 1.70. The fourth-order valence-electron chi connectivity index (χ4n) is 2.83. The summed E-state index contributed by atoms with van der Waals surface area (Å²) in [7, 11) is 0. The van der Waals surface area contributed by atoms with E-state index in [-0.39, 0.29) is 11.9 Å². The van der Waals surface area contributed by atoms with Crippen molar-refractivity contribution >= 4 is 11.6 Å². The highest BCUT2D eigenvalue weighted by Gasteiger charge is 2.15. The average molecular weight is 295 g/mol. The quantitative estimate of drug-likeness (QED) is 0.942. The van der Waals surface area contributed by atoms with E-state index in [0.717, 1.165) is 18.7 Å². The summed E-state index contributed by atoms with van der Waals surface area (Å²) in [5.74, 6) is -0.0906. The number of pyridine rings is 1. The van der Waals surface area contributed by atoms with Gasteiger partial charge in [0.2, 0.25) is 0 Å². The molecule has 4 nitrogen and oxygen atoms in total. The number of nitrogens with zero attached hydrogens (tertiary/aromatic N) is 2. The molecule has 1 amide bonds. The van der Waals surface area contributed by atoms with Gasteiger partial charge in [0.25, 0.3) is 5.91 Å². The van der Waals surface area contributed by atoms with Gasteiger partial charge in [-0.05, 0) is 49.6 Å². The maximum Gasteiger partial charge on any atom is 0.253 e. The molecule has 2 aromatic rings. The molecule has 1 fully saturated rings. The Hall–Kier alpha value is -2.36. The van der Waals surface area contributed by atoms with Crippen molar-refractivity contribution in [1.82, 2.24) is 10.3 Å². The van der Waals surface area contributed by atoms with Gasteiger partial charge in [-0.3, -0.25) is 9.78 Å². The Kier molecular flexibility index (Phi) is 4.37. The van der Waals surface area contributed by atoms with Crippen LogP contribution in [0.4, 0.5) is 5.69 Å². The van der Waals surface area contributed by atoms with Crippen LogP contribution in [0.25, 0.3) is 0 Å². The van der Waals surface area contributed by atoms with Crippen LogP contribution in [0.3, 0.4) is 0 Å². The van der Waals surface area contributed by atoms with Crippen molar-refractivity contribution in [2.45, 2.75) is 25.8 Å². The third-order valence-electron chi connectivity index (χ3n) is 4.11. The first-order chi connectivity index (χ1) is 10.7. The first-order valence-corrected chi connectivity index (χ1v) is 7.80. The van der Waals surface area contributed by atoms with Crippen LogP contribution in [0.1, 0.15) is 41.7 Å². The minimum absolute atomic E-state index is 0.0322. The second kappa shape index (κ2) is 6.60. The maximum atomic E-state index is 12.2. The number of carbonyl (C=O) groups is 1. The number of aromatic nitrogens is 1. The number of rotatable bonds is 4. The Morgan fingerprint density at radius 2 is 2.05 bits per heavy atom. The van der Waals surface area contributed by atoms with Crippen molar-refractivity contribution in [3.05, 3.63) is 59.9 Å². The predicted octanol–water partition coefficient (Wildman–Crippen LogP) is 3.17. The number of anilines is 1. The van der Waals surface area contributed by atoms with Gasteiger partial charge in [0, 0.05) is 31.2 Å². The Morgan fingerprint density at radius 3 is 2.77 bits per heavy atom. The lowest BCUT2D eigenvalue weighted by Crippen LogP contribution is -2.27. The first kappa shape index (κ1) is 14.6. The van der Waals surface area contributed by atoms with Crippen molar-refractivity contribution in [3.63, 3.8) is 0 Å². The Labute approximate surface area is 131 Å². The molecule has 0 radical (unpaired) electrons. The predicted molar refractivity (Wildman–Crippen MR) is 88.0 cm³/mol. The molecule has 0 aliphatic carbocycles. The molecule has 2 heterocycles. The molecule has 0 spiro atoms. The van der Waals surface area contributed by atoms with Gasteiger partial charge in [0.05, 0.1) is 11.6 Å². The standard InChI is InChI=1S/C18H21N3O/c1-14(20-18(22)16-7-5-9-19-13-16)15-6-4-8-17(12-15)21-10-2-3-11-21/h4-9,12-14H,2-3,10-11H2,1H3,(H,20,22)/t14-/m0/s1. The van der Waals surface area contributed by atoms with E-state index < -0.39 is 0 Å². The molecule has 1 aromatic heterocycles.